The van der Waals surface area contributed by atoms with E-state index in [2.05, 4.69) is 36.7 Å². The van der Waals surface area contributed by atoms with E-state index in [1.807, 2.05) is 12.3 Å². The number of hydrogen-bond donors (Lipinski definition) is 2. The Bertz CT molecular complexity index is 1140. The van der Waals surface area contributed by atoms with Gasteiger partial charge in [-0.15, -0.1) is 0 Å². The molecule has 0 atom stereocenters. The number of piperazine rings is 1. The van der Waals surface area contributed by atoms with Crippen molar-refractivity contribution in [1.82, 2.24) is 30.0 Å². The number of hydrogen-bond acceptors (Lipinski definition) is 8. The van der Waals surface area contributed by atoms with Gasteiger partial charge in [0.05, 0.1) is 23.8 Å². The monoisotopic (exact) mass is 432 g/mol. The van der Waals surface area contributed by atoms with Crippen molar-refractivity contribution in [2.24, 2.45) is 0 Å². The minimum absolute atomic E-state index is 0.00965. The fourth-order valence-electron chi connectivity index (χ4n) is 5.57. The van der Waals surface area contributed by atoms with Gasteiger partial charge in [-0.1, -0.05) is 19.3 Å². The van der Waals surface area contributed by atoms with E-state index >= 15 is 0 Å². The van der Waals surface area contributed by atoms with Crippen molar-refractivity contribution < 1.29 is 4.79 Å². The van der Waals surface area contributed by atoms with E-state index in [-0.39, 0.29) is 11.3 Å². The fraction of sp³-hybridized carbons (Fsp3) is 0.522. The smallest absolute Gasteiger partial charge is 0.247 e. The first-order chi connectivity index (χ1) is 15.7. The van der Waals surface area contributed by atoms with Crippen molar-refractivity contribution in [1.29, 1.82) is 0 Å². The molecule has 9 nitrogen and oxygen atoms in total. The summed E-state index contributed by atoms with van der Waals surface area (Å²) < 4.78 is 1.62. The first-order valence-electron chi connectivity index (χ1n) is 11.7. The van der Waals surface area contributed by atoms with Crippen LogP contribution < -0.4 is 15.5 Å². The molecule has 1 saturated carbocycles. The molecule has 0 unspecified atom stereocenters. The van der Waals surface area contributed by atoms with Gasteiger partial charge in [0.15, 0.2) is 0 Å². The third kappa shape index (κ3) is 3.31. The third-order valence-electron chi connectivity index (χ3n) is 7.25. The molecule has 0 aromatic carbocycles. The molecule has 6 rings (SSSR count). The van der Waals surface area contributed by atoms with Crippen LogP contribution in [0.3, 0.4) is 0 Å². The van der Waals surface area contributed by atoms with E-state index in [9.17, 15) is 4.79 Å². The average molecular weight is 433 g/mol. The molecule has 1 saturated heterocycles. The van der Waals surface area contributed by atoms with Gasteiger partial charge in [-0.25, -0.2) is 19.6 Å². The summed E-state index contributed by atoms with van der Waals surface area (Å²) in [5.74, 6) is 1.25. The van der Waals surface area contributed by atoms with Gasteiger partial charge in [-0.05, 0) is 31.4 Å². The zero-order valence-corrected chi connectivity index (χ0v) is 18.2. The van der Waals surface area contributed by atoms with Crippen LogP contribution in [0.2, 0.25) is 0 Å². The van der Waals surface area contributed by atoms with Crippen molar-refractivity contribution in [2.45, 2.75) is 50.4 Å². The Morgan fingerprint density at radius 3 is 2.62 bits per heavy atom. The number of pyridine rings is 1. The van der Waals surface area contributed by atoms with Crippen LogP contribution in [0.1, 0.15) is 55.4 Å². The topological polar surface area (TPSA) is 101 Å². The highest BCUT2D eigenvalue weighted by Crippen LogP contribution is 2.47. The first kappa shape index (κ1) is 19.6. The second kappa shape index (κ2) is 7.81. The van der Waals surface area contributed by atoms with Gasteiger partial charge in [0.25, 0.3) is 0 Å². The van der Waals surface area contributed by atoms with Crippen molar-refractivity contribution >= 4 is 34.4 Å². The van der Waals surface area contributed by atoms with Gasteiger partial charge in [0, 0.05) is 38.0 Å². The Morgan fingerprint density at radius 1 is 1.00 bits per heavy atom. The molecule has 3 aromatic rings. The highest BCUT2D eigenvalue weighted by Gasteiger charge is 2.43. The molecular weight excluding hydrogens is 404 g/mol. The van der Waals surface area contributed by atoms with Gasteiger partial charge in [-0.2, -0.15) is 5.10 Å². The summed E-state index contributed by atoms with van der Waals surface area (Å²) >= 11 is 0. The maximum atomic E-state index is 12.6. The van der Waals surface area contributed by atoms with E-state index in [4.69, 9.17) is 4.98 Å². The van der Waals surface area contributed by atoms with Crippen LogP contribution >= 0.6 is 0 Å². The zero-order valence-electron chi connectivity index (χ0n) is 18.2. The van der Waals surface area contributed by atoms with Gasteiger partial charge in [0.2, 0.25) is 11.9 Å². The number of nitrogens with one attached hydrogen (secondary N) is 2. The number of carbonyl (C=O) groups is 1. The molecule has 5 heterocycles. The fourth-order valence-corrected chi connectivity index (χ4v) is 5.57. The Balaban J connectivity index is 1.31. The lowest BCUT2D eigenvalue weighted by molar-refractivity contribution is 0.0811. The molecule has 9 heteroatoms. The van der Waals surface area contributed by atoms with E-state index in [0.717, 1.165) is 62.3 Å². The minimum atomic E-state index is 0.00965. The van der Waals surface area contributed by atoms with Gasteiger partial charge in [-0.3, -0.25) is 4.79 Å². The van der Waals surface area contributed by atoms with Crippen LogP contribution in [0.4, 0.5) is 17.5 Å². The standard InChI is InChI=1S/C23H28N8O/c32-19-6-9-23(7-2-1-3-8-23)21-20-17(29-31(19)21)15-26-22(28-20)27-18-5-4-16(14-25-18)30-12-10-24-11-13-30/h4-5,14-15,24H,1-3,6-13H2,(H,25,27,28). The molecule has 3 aromatic heterocycles. The first-order valence-corrected chi connectivity index (χ1v) is 11.7. The number of carbonyl (C=O) groups excluding carboxylic acids is 1. The molecule has 2 fully saturated rings. The number of fused-ring (bicyclic) bond motifs is 4. The second-order valence-electron chi connectivity index (χ2n) is 9.19. The highest BCUT2D eigenvalue weighted by molar-refractivity contribution is 5.89. The molecular formula is C23H28N8O. The number of rotatable bonds is 3. The predicted molar refractivity (Wildman–Crippen MR) is 123 cm³/mol. The van der Waals surface area contributed by atoms with Gasteiger partial charge in [0.1, 0.15) is 16.9 Å². The third-order valence-corrected chi connectivity index (χ3v) is 7.25. The van der Waals surface area contributed by atoms with Crippen LogP contribution in [0.5, 0.6) is 0 Å². The quantitative estimate of drug-likeness (QED) is 0.651. The molecule has 1 aliphatic carbocycles. The minimum Gasteiger partial charge on any atom is -0.368 e. The summed E-state index contributed by atoms with van der Waals surface area (Å²) in [7, 11) is 0. The SMILES string of the molecule is O=C1CCC2(CCCCC2)c2c3nc(Nc4ccc(N5CCNCC5)cn4)ncc3nn21. The van der Waals surface area contributed by atoms with E-state index in [1.165, 1.54) is 19.3 Å². The highest BCUT2D eigenvalue weighted by atomic mass is 16.2. The second-order valence-corrected chi connectivity index (χ2v) is 9.19. The number of nitrogens with zero attached hydrogens (tertiary/aromatic N) is 6. The van der Waals surface area contributed by atoms with Crippen LogP contribution in [0.15, 0.2) is 24.5 Å². The lowest BCUT2D eigenvalue weighted by atomic mass is 9.67. The molecule has 3 aliphatic rings. The van der Waals surface area contributed by atoms with Crippen molar-refractivity contribution in [3.63, 3.8) is 0 Å². The molecule has 0 bridgehead atoms. The van der Waals surface area contributed by atoms with Crippen molar-refractivity contribution in [3.05, 3.63) is 30.2 Å². The van der Waals surface area contributed by atoms with Crippen LogP contribution in [-0.2, 0) is 5.41 Å². The largest absolute Gasteiger partial charge is 0.368 e. The van der Waals surface area contributed by atoms with Crippen LogP contribution in [-0.4, -0.2) is 56.8 Å². The summed E-state index contributed by atoms with van der Waals surface area (Å²) in [5, 5.41) is 11.2. The maximum Gasteiger partial charge on any atom is 0.247 e. The number of anilines is 3. The summed E-state index contributed by atoms with van der Waals surface area (Å²) in [4.78, 5) is 28.8. The van der Waals surface area contributed by atoms with E-state index < -0.39 is 0 Å². The summed E-state index contributed by atoms with van der Waals surface area (Å²) in [6.45, 7) is 3.96. The maximum absolute atomic E-state index is 12.6. The lowest BCUT2D eigenvalue weighted by Gasteiger charge is -2.40. The molecule has 32 heavy (non-hydrogen) atoms. The van der Waals surface area contributed by atoms with Crippen LogP contribution in [0.25, 0.3) is 11.0 Å². The lowest BCUT2D eigenvalue weighted by Crippen LogP contribution is -2.43. The Hall–Kier alpha value is -3.07. The van der Waals surface area contributed by atoms with Gasteiger partial charge >= 0.3 is 0 Å². The molecule has 1 spiro atoms. The summed E-state index contributed by atoms with van der Waals surface area (Å²) in [6, 6.07) is 4.04. The van der Waals surface area contributed by atoms with Crippen molar-refractivity contribution in [2.75, 3.05) is 36.4 Å². The molecule has 2 aliphatic heterocycles. The zero-order chi connectivity index (χ0) is 21.5. The normalized spacial score (nSPS) is 20.5. The summed E-state index contributed by atoms with van der Waals surface area (Å²) in [6.07, 6.45) is 10.9. The van der Waals surface area contributed by atoms with Gasteiger partial charge < -0.3 is 15.5 Å². The summed E-state index contributed by atoms with van der Waals surface area (Å²) in [5.41, 5.74) is 3.62. The Labute approximate surface area is 186 Å². The van der Waals surface area contributed by atoms with Crippen LogP contribution in [0, 0.1) is 0 Å². The Morgan fingerprint density at radius 2 is 1.84 bits per heavy atom. The Kier molecular flexibility index (Phi) is 4.78. The van der Waals surface area contributed by atoms with E-state index in [0.29, 0.717) is 23.7 Å². The predicted octanol–water partition coefficient (Wildman–Crippen LogP) is 3.01. The van der Waals surface area contributed by atoms with E-state index in [1.54, 1.807) is 10.9 Å². The molecule has 0 radical (unpaired) electrons. The van der Waals surface area contributed by atoms with Crippen molar-refractivity contribution in [3.8, 4) is 0 Å². The molecule has 166 valence electrons. The molecule has 0 amide bonds. The number of aromatic nitrogens is 5. The average Bonchev–Trinajstić information content (AvgIpc) is 3.24. The molecule has 2 N–H and O–H groups in total.